The minimum absolute atomic E-state index is 0.781. The van der Waals surface area contributed by atoms with Gasteiger partial charge in [-0.1, -0.05) is 0 Å². The topological polar surface area (TPSA) is 37.5 Å². The average Bonchev–Trinajstić information content (AvgIpc) is 2.67. The Morgan fingerprint density at radius 1 is 1.05 bits per heavy atom. The summed E-state index contributed by atoms with van der Waals surface area (Å²) < 4.78 is 10.8. The molecule has 0 fully saturated rings. The molecule has 19 heavy (non-hydrogen) atoms. The number of likely N-dealkylation sites (N-methyl/N-ethyl adjacent to an activating group) is 1. The number of ether oxygens (including phenoxy) is 2. The maximum absolute atomic E-state index is 5.41. The Hall–Kier alpha value is -1.68. The number of benzene rings is 1. The third-order valence-corrected chi connectivity index (χ3v) is 3.99. The number of nitrogens with one attached hydrogen (secondary N) is 1. The molecule has 0 amide bonds. The molecular weight excluding hydrogens is 240 g/mol. The molecule has 102 valence electrons. The number of aromatic amines is 1. The van der Waals surface area contributed by atoms with Gasteiger partial charge in [0.1, 0.15) is 0 Å². The van der Waals surface area contributed by atoms with Crippen molar-refractivity contribution in [1.29, 1.82) is 0 Å². The summed E-state index contributed by atoms with van der Waals surface area (Å²) in [5.41, 5.74) is 3.93. The van der Waals surface area contributed by atoms with Crippen molar-refractivity contribution in [3.63, 3.8) is 0 Å². The fourth-order valence-corrected chi connectivity index (χ4v) is 2.85. The van der Waals surface area contributed by atoms with Crippen molar-refractivity contribution >= 4 is 10.9 Å². The lowest BCUT2D eigenvalue weighted by atomic mass is 10.1. The van der Waals surface area contributed by atoms with Gasteiger partial charge in [0.2, 0.25) is 0 Å². The molecule has 0 aliphatic carbocycles. The van der Waals surface area contributed by atoms with Crippen molar-refractivity contribution in [2.24, 2.45) is 0 Å². The number of rotatable bonds is 2. The second-order valence-electron chi connectivity index (χ2n) is 5.14. The van der Waals surface area contributed by atoms with E-state index in [0.29, 0.717) is 0 Å². The number of fused-ring (bicyclic) bond motifs is 3. The molecular formula is C15H20N2O2. The highest BCUT2D eigenvalue weighted by molar-refractivity contribution is 5.88. The van der Waals surface area contributed by atoms with Gasteiger partial charge in [0.05, 0.1) is 14.2 Å². The SMILES string of the molecule is COc1cc2[nH]c3c(c2cc1OC)CCN(C)CC3. The minimum Gasteiger partial charge on any atom is -0.493 e. The first-order valence-electron chi connectivity index (χ1n) is 6.67. The summed E-state index contributed by atoms with van der Waals surface area (Å²) in [4.78, 5) is 5.92. The van der Waals surface area contributed by atoms with Crippen LogP contribution in [0.4, 0.5) is 0 Å². The summed E-state index contributed by atoms with van der Waals surface area (Å²) in [5.74, 6) is 1.58. The third-order valence-electron chi connectivity index (χ3n) is 3.99. The van der Waals surface area contributed by atoms with Crippen LogP contribution in [0.2, 0.25) is 0 Å². The minimum atomic E-state index is 0.781. The van der Waals surface area contributed by atoms with Gasteiger partial charge in [-0.05, 0) is 25.1 Å². The van der Waals surface area contributed by atoms with Crippen LogP contribution >= 0.6 is 0 Å². The van der Waals surface area contributed by atoms with Crippen molar-refractivity contribution in [3.8, 4) is 11.5 Å². The molecule has 1 aromatic heterocycles. The van der Waals surface area contributed by atoms with E-state index in [1.165, 1.54) is 16.6 Å². The molecule has 1 N–H and O–H groups in total. The maximum Gasteiger partial charge on any atom is 0.162 e. The lowest BCUT2D eigenvalue weighted by molar-refractivity contribution is 0.351. The summed E-state index contributed by atoms with van der Waals surface area (Å²) in [7, 11) is 5.53. The number of nitrogens with zero attached hydrogens (tertiary/aromatic N) is 1. The van der Waals surface area contributed by atoms with Gasteiger partial charge in [-0.2, -0.15) is 0 Å². The molecule has 1 aromatic carbocycles. The quantitative estimate of drug-likeness (QED) is 0.899. The number of hydrogen-bond acceptors (Lipinski definition) is 3. The van der Waals surface area contributed by atoms with Gasteiger partial charge in [0.25, 0.3) is 0 Å². The van der Waals surface area contributed by atoms with Gasteiger partial charge in [-0.25, -0.2) is 0 Å². The normalized spacial score (nSPS) is 16.2. The molecule has 0 radical (unpaired) electrons. The van der Waals surface area contributed by atoms with Gasteiger partial charge < -0.3 is 19.4 Å². The molecule has 4 heteroatoms. The second-order valence-corrected chi connectivity index (χ2v) is 5.14. The predicted octanol–water partition coefficient (Wildman–Crippen LogP) is 2.22. The van der Waals surface area contributed by atoms with Crippen molar-refractivity contribution in [2.45, 2.75) is 12.8 Å². The highest BCUT2D eigenvalue weighted by Gasteiger charge is 2.18. The number of methoxy groups -OCH3 is 2. The largest absolute Gasteiger partial charge is 0.493 e. The predicted molar refractivity (Wildman–Crippen MR) is 76.3 cm³/mol. The summed E-state index contributed by atoms with van der Waals surface area (Å²) in [6, 6.07) is 4.13. The van der Waals surface area contributed by atoms with E-state index in [2.05, 4.69) is 23.0 Å². The zero-order valence-corrected chi connectivity index (χ0v) is 11.7. The Morgan fingerprint density at radius 3 is 2.47 bits per heavy atom. The number of H-pyrrole nitrogens is 1. The first kappa shape index (κ1) is 12.4. The van der Waals surface area contributed by atoms with Crippen LogP contribution in [0.15, 0.2) is 12.1 Å². The summed E-state index contributed by atoms with van der Waals surface area (Å²) in [5, 5.41) is 1.27. The van der Waals surface area contributed by atoms with Crippen molar-refractivity contribution in [3.05, 3.63) is 23.4 Å². The lowest BCUT2D eigenvalue weighted by Gasteiger charge is -2.12. The van der Waals surface area contributed by atoms with Crippen LogP contribution in [0, 0.1) is 0 Å². The fraction of sp³-hybridized carbons (Fsp3) is 0.467. The monoisotopic (exact) mass is 260 g/mol. The van der Waals surface area contributed by atoms with Crippen LogP contribution in [-0.2, 0) is 12.8 Å². The van der Waals surface area contributed by atoms with Gasteiger partial charge in [0, 0.05) is 42.2 Å². The van der Waals surface area contributed by atoms with Crippen molar-refractivity contribution < 1.29 is 9.47 Å². The number of aromatic nitrogens is 1. The van der Waals surface area contributed by atoms with Crippen LogP contribution in [0.25, 0.3) is 10.9 Å². The molecule has 0 unspecified atom stereocenters. The standard InChI is InChI=1S/C15H20N2O2/c1-17-6-4-10-11-8-14(18-2)15(19-3)9-13(11)16-12(10)5-7-17/h8-9,16H,4-7H2,1-3H3. The third kappa shape index (κ3) is 2.06. The van der Waals surface area contributed by atoms with Crippen LogP contribution < -0.4 is 9.47 Å². The van der Waals surface area contributed by atoms with E-state index in [-0.39, 0.29) is 0 Å². The smallest absolute Gasteiger partial charge is 0.162 e. The van der Waals surface area contributed by atoms with Crippen LogP contribution in [0.1, 0.15) is 11.3 Å². The highest BCUT2D eigenvalue weighted by atomic mass is 16.5. The van der Waals surface area contributed by atoms with Crippen LogP contribution in [-0.4, -0.2) is 44.2 Å². The zero-order chi connectivity index (χ0) is 13.4. The molecule has 4 nitrogen and oxygen atoms in total. The van der Waals surface area contributed by atoms with E-state index >= 15 is 0 Å². The fourth-order valence-electron chi connectivity index (χ4n) is 2.85. The Balaban J connectivity index is 2.15. The van der Waals surface area contributed by atoms with Crippen molar-refractivity contribution in [1.82, 2.24) is 9.88 Å². The van der Waals surface area contributed by atoms with E-state index in [4.69, 9.17) is 9.47 Å². The second kappa shape index (κ2) is 4.78. The number of hydrogen-bond donors (Lipinski definition) is 1. The van der Waals surface area contributed by atoms with Gasteiger partial charge in [-0.15, -0.1) is 0 Å². The van der Waals surface area contributed by atoms with Crippen molar-refractivity contribution in [2.75, 3.05) is 34.4 Å². The molecule has 0 saturated heterocycles. The summed E-state index contributed by atoms with van der Waals surface area (Å²) in [6.45, 7) is 2.21. The molecule has 2 heterocycles. The maximum atomic E-state index is 5.41. The molecule has 0 spiro atoms. The van der Waals surface area contributed by atoms with E-state index in [1.54, 1.807) is 14.2 Å². The molecule has 2 aromatic rings. The van der Waals surface area contributed by atoms with Gasteiger partial charge >= 0.3 is 0 Å². The van der Waals surface area contributed by atoms with E-state index < -0.39 is 0 Å². The molecule has 3 rings (SSSR count). The van der Waals surface area contributed by atoms with Crippen LogP contribution in [0.5, 0.6) is 11.5 Å². The van der Waals surface area contributed by atoms with Gasteiger partial charge in [-0.3, -0.25) is 0 Å². The molecule has 0 bridgehead atoms. The highest BCUT2D eigenvalue weighted by Crippen LogP contribution is 2.35. The first-order valence-corrected chi connectivity index (χ1v) is 6.67. The molecule has 1 aliphatic heterocycles. The zero-order valence-electron chi connectivity index (χ0n) is 11.7. The van der Waals surface area contributed by atoms with E-state index in [1.807, 2.05) is 6.07 Å². The van der Waals surface area contributed by atoms with Crippen LogP contribution in [0.3, 0.4) is 0 Å². The average molecular weight is 260 g/mol. The van der Waals surface area contributed by atoms with Gasteiger partial charge in [0.15, 0.2) is 11.5 Å². The van der Waals surface area contributed by atoms with E-state index in [0.717, 1.165) is 42.9 Å². The molecule has 1 aliphatic rings. The Labute approximate surface area is 113 Å². The lowest BCUT2D eigenvalue weighted by Crippen LogP contribution is -2.21. The molecule has 0 saturated carbocycles. The Morgan fingerprint density at radius 2 is 1.74 bits per heavy atom. The summed E-state index contributed by atoms with van der Waals surface area (Å²) in [6.07, 6.45) is 2.16. The Bertz CT molecular complexity index is 604. The summed E-state index contributed by atoms with van der Waals surface area (Å²) >= 11 is 0. The Kier molecular flexibility index (Phi) is 3.11. The molecule has 0 atom stereocenters. The first-order chi connectivity index (χ1) is 9.22. The van der Waals surface area contributed by atoms with E-state index in [9.17, 15) is 0 Å².